The van der Waals surface area contributed by atoms with Gasteiger partial charge in [0.2, 0.25) is 0 Å². The maximum absolute atomic E-state index is 10.2. The fourth-order valence-electron chi connectivity index (χ4n) is 2.13. The molecule has 1 aromatic heterocycles. The molecule has 0 saturated carbocycles. The van der Waals surface area contributed by atoms with Crippen LogP contribution >= 0.6 is 0 Å². The van der Waals surface area contributed by atoms with Crippen molar-refractivity contribution in [3.8, 4) is 11.5 Å². The molecule has 0 spiro atoms. The first-order valence-corrected chi connectivity index (χ1v) is 6.66. The standard InChI is InChI=1S/C16H15N3O3/c1-21-14-8-11-10-17-16(18-13(11)9-15(14)22-2)19(20)12-6-4-3-5-7-12/h3-10,20H,1-2H3. The van der Waals surface area contributed by atoms with E-state index in [1.54, 1.807) is 44.7 Å². The predicted octanol–water partition coefficient (Wildman–Crippen LogP) is 3.17. The molecule has 6 heteroatoms. The van der Waals surface area contributed by atoms with Crippen LogP contribution in [0.1, 0.15) is 0 Å². The van der Waals surface area contributed by atoms with Crippen molar-refractivity contribution in [3.63, 3.8) is 0 Å². The lowest BCUT2D eigenvalue weighted by Crippen LogP contribution is -2.13. The number of aromatic nitrogens is 2. The van der Waals surface area contributed by atoms with Crippen molar-refractivity contribution in [1.82, 2.24) is 9.97 Å². The van der Waals surface area contributed by atoms with Gasteiger partial charge in [0, 0.05) is 17.6 Å². The van der Waals surface area contributed by atoms with E-state index >= 15 is 0 Å². The molecule has 0 atom stereocenters. The number of rotatable bonds is 4. The summed E-state index contributed by atoms with van der Waals surface area (Å²) >= 11 is 0. The van der Waals surface area contributed by atoms with Gasteiger partial charge in [0.25, 0.3) is 5.95 Å². The maximum atomic E-state index is 10.2. The van der Waals surface area contributed by atoms with Gasteiger partial charge in [0.05, 0.1) is 25.4 Å². The Morgan fingerprint density at radius 3 is 2.36 bits per heavy atom. The van der Waals surface area contributed by atoms with Gasteiger partial charge < -0.3 is 9.47 Å². The SMILES string of the molecule is COc1cc2cnc(N(O)c3ccccc3)nc2cc1OC. The van der Waals surface area contributed by atoms with Gasteiger partial charge in [-0.1, -0.05) is 18.2 Å². The highest BCUT2D eigenvalue weighted by molar-refractivity contribution is 5.83. The monoisotopic (exact) mass is 297 g/mol. The number of benzene rings is 2. The lowest BCUT2D eigenvalue weighted by molar-refractivity contribution is 0.294. The molecule has 0 amide bonds. The zero-order valence-electron chi connectivity index (χ0n) is 12.2. The molecule has 2 aromatic carbocycles. The summed E-state index contributed by atoms with van der Waals surface area (Å²) in [5.41, 5.74) is 1.24. The van der Waals surface area contributed by atoms with Crippen molar-refractivity contribution in [2.24, 2.45) is 0 Å². The van der Waals surface area contributed by atoms with E-state index in [2.05, 4.69) is 9.97 Å². The zero-order chi connectivity index (χ0) is 15.5. The Balaban J connectivity index is 2.06. The number of nitrogens with zero attached hydrogens (tertiary/aromatic N) is 3. The Morgan fingerprint density at radius 2 is 1.68 bits per heavy atom. The van der Waals surface area contributed by atoms with E-state index < -0.39 is 0 Å². The number of anilines is 2. The fourth-order valence-corrected chi connectivity index (χ4v) is 2.13. The molecule has 0 aliphatic rings. The van der Waals surface area contributed by atoms with Gasteiger partial charge in [-0.2, -0.15) is 5.06 Å². The number of ether oxygens (including phenoxy) is 2. The van der Waals surface area contributed by atoms with Gasteiger partial charge in [-0.25, -0.2) is 9.97 Å². The van der Waals surface area contributed by atoms with Gasteiger partial charge in [-0.15, -0.1) is 0 Å². The normalized spacial score (nSPS) is 10.5. The molecule has 3 aromatic rings. The van der Waals surface area contributed by atoms with Gasteiger partial charge in [-0.3, -0.25) is 5.21 Å². The van der Waals surface area contributed by atoms with Crippen LogP contribution in [0.4, 0.5) is 11.6 Å². The molecule has 112 valence electrons. The summed E-state index contributed by atoms with van der Waals surface area (Å²) in [4.78, 5) is 8.55. The summed E-state index contributed by atoms with van der Waals surface area (Å²) in [6, 6.07) is 12.6. The average molecular weight is 297 g/mol. The summed E-state index contributed by atoms with van der Waals surface area (Å²) in [5, 5.41) is 12.0. The van der Waals surface area contributed by atoms with E-state index in [1.165, 1.54) is 0 Å². The molecule has 0 aliphatic heterocycles. The van der Waals surface area contributed by atoms with Crippen molar-refractivity contribution in [2.75, 3.05) is 19.3 Å². The minimum atomic E-state index is 0.186. The maximum Gasteiger partial charge on any atom is 0.255 e. The smallest absolute Gasteiger partial charge is 0.255 e. The van der Waals surface area contributed by atoms with E-state index in [9.17, 15) is 5.21 Å². The summed E-state index contributed by atoms with van der Waals surface area (Å²) in [6.07, 6.45) is 1.63. The number of para-hydroxylation sites is 1. The first kappa shape index (κ1) is 14.1. The second-order valence-corrected chi connectivity index (χ2v) is 4.58. The Bertz CT molecular complexity index is 793. The number of fused-ring (bicyclic) bond motifs is 1. The minimum Gasteiger partial charge on any atom is -0.493 e. The van der Waals surface area contributed by atoms with Crippen molar-refractivity contribution < 1.29 is 14.7 Å². The molecule has 0 radical (unpaired) electrons. The van der Waals surface area contributed by atoms with Crippen LogP contribution in [-0.4, -0.2) is 29.4 Å². The topological polar surface area (TPSA) is 67.7 Å². The Hall–Kier alpha value is -2.86. The second-order valence-electron chi connectivity index (χ2n) is 4.58. The Kier molecular flexibility index (Phi) is 3.76. The summed E-state index contributed by atoms with van der Waals surface area (Å²) in [7, 11) is 3.14. The van der Waals surface area contributed by atoms with Gasteiger partial charge >= 0.3 is 0 Å². The molecule has 3 rings (SSSR count). The van der Waals surface area contributed by atoms with Crippen molar-refractivity contribution in [2.45, 2.75) is 0 Å². The van der Waals surface area contributed by atoms with Crippen LogP contribution in [0.5, 0.6) is 11.5 Å². The molecule has 0 saturated heterocycles. The third kappa shape index (κ3) is 2.51. The van der Waals surface area contributed by atoms with Crippen LogP contribution < -0.4 is 14.5 Å². The Labute approximate surface area is 127 Å². The van der Waals surface area contributed by atoms with E-state index in [-0.39, 0.29) is 5.95 Å². The molecule has 0 bridgehead atoms. The predicted molar refractivity (Wildman–Crippen MR) is 83.0 cm³/mol. The van der Waals surface area contributed by atoms with E-state index in [1.807, 2.05) is 18.2 Å². The molecule has 1 N–H and O–H groups in total. The highest BCUT2D eigenvalue weighted by Crippen LogP contribution is 2.32. The molecule has 22 heavy (non-hydrogen) atoms. The highest BCUT2D eigenvalue weighted by Gasteiger charge is 2.12. The molecule has 0 unspecified atom stereocenters. The largest absolute Gasteiger partial charge is 0.493 e. The van der Waals surface area contributed by atoms with E-state index in [0.717, 1.165) is 10.4 Å². The van der Waals surface area contributed by atoms with E-state index in [0.29, 0.717) is 22.7 Å². The van der Waals surface area contributed by atoms with Gasteiger partial charge in [-0.05, 0) is 18.2 Å². The minimum absolute atomic E-state index is 0.186. The first-order chi connectivity index (χ1) is 10.7. The van der Waals surface area contributed by atoms with Gasteiger partial charge in [0.15, 0.2) is 11.5 Å². The summed E-state index contributed by atoms with van der Waals surface area (Å²) in [6.45, 7) is 0. The lowest BCUT2D eigenvalue weighted by atomic mass is 10.2. The third-order valence-corrected chi connectivity index (χ3v) is 3.26. The first-order valence-electron chi connectivity index (χ1n) is 6.66. The van der Waals surface area contributed by atoms with Crippen LogP contribution in [0.2, 0.25) is 0 Å². The number of hydrogen-bond donors (Lipinski definition) is 1. The molecule has 0 fully saturated rings. The molecular formula is C16H15N3O3. The van der Waals surface area contributed by atoms with E-state index in [4.69, 9.17) is 9.47 Å². The molecule has 6 nitrogen and oxygen atoms in total. The number of hydrogen-bond acceptors (Lipinski definition) is 6. The summed E-state index contributed by atoms with van der Waals surface area (Å²) in [5.74, 6) is 1.37. The molecule has 0 aliphatic carbocycles. The quantitative estimate of drug-likeness (QED) is 0.746. The molecular weight excluding hydrogens is 282 g/mol. The van der Waals surface area contributed by atoms with Crippen LogP contribution in [0, 0.1) is 0 Å². The van der Waals surface area contributed by atoms with Crippen molar-refractivity contribution in [3.05, 3.63) is 48.7 Å². The Morgan fingerprint density at radius 1 is 1.00 bits per heavy atom. The summed E-state index contributed by atoms with van der Waals surface area (Å²) < 4.78 is 10.5. The van der Waals surface area contributed by atoms with Crippen LogP contribution in [0.25, 0.3) is 10.9 Å². The molecule has 1 heterocycles. The van der Waals surface area contributed by atoms with Crippen molar-refractivity contribution in [1.29, 1.82) is 0 Å². The fraction of sp³-hybridized carbons (Fsp3) is 0.125. The average Bonchev–Trinajstić information content (AvgIpc) is 2.60. The third-order valence-electron chi connectivity index (χ3n) is 3.26. The van der Waals surface area contributed by atoms with Crippen LogP contribution in [-0.2, 0) is 0 Å². The highest BCUT2D eigenvalue weighted by atomic mass is 16.5. The van der Waals surface area contributed by atoms with Gasteiger partial charge in [0.1, 0.15) is 0 Å². The zero-order valence-corrected chi connectivity index (χ0v) is 12.2. The van der Waals surface area contributed by atoms with Crippen LogP contribution in [0.15, 0.2) is 48.7 Å². The van der Waals surface area contributed by atoms with Crippen molar-refractivity contribution >= 4 is 22.5 Å². The number of methoxy groups -OCH3 is 2. The second kappa shape index (κ2) is 5.87. The lowest BCUT2D eigenvalue weighted by Gasteiger charge is -2.15. The van der Waals surface area contributed by atoms with Crippen LogP contribution in [0.3, 0.4) is 0 Å².